The maximum absolute atomic E-state index is 5.75. The van der Waals surface area contributed by atoms with Crippen molar-refractivity contribution in [2.45, 2.75) is 71.4 Å². The Morgan fingerprint density at radius 3 is 2.33 bits per heavy atom. The summed E-state index contributed by atoms with van der Waals surface area (Å²) in [5, 5.41) is 3.63. The van der Waals surface area contributed by atoms with E-state index < -0.39 is 0 Å². The molecule has 0 amide bonds. The SMILES string of the molecule is CC(C)NCC1CCCCC1c1ccc(OC(C)C)cc1. The highest BCUT2D eigenvalue weighted by Gasteiger charge is 2.26. The van der Waals surface area contributed by atoms with E-state index in [0.29, 0.717) is 12.0 Å². The van der Waals surface area contributed by atoms with E-state index >= 15 is 0 Å². The van der Waals surface area contributed by atoms with Crippen molar-refractivity contribution in [1.82, 2.24) is 5.32 Å². The number of hydrogen-bond donors (Lipinski definition) is 1. The molecule has 2 heteroatoms. The first-order valence-corrected chi connectivity index (χ1v) is 8.56. The van der Waals surface area contributed by atoms with Crippen molar-refractivity contribution in [2.24, 2.45) is 5.92 Å². The number of hydrogen-bond acceptors (Lipinski definition) is 2. The Balaban J connectivity index is 2.02. The minimum absolute atomic E-state index is 0.244. The summed E-state index contributed by atoms with van der Waals surface area (Å²) < 4.78 is 5.75. The van der Waals surface area contributed by atoms with Crippen LogP contribution in [0.25, 0.3) is 0 Å². The van der Waals surface area contributed by atoms with E-state index in [1.165, 1.54) is 31.2 Å². The summed E-state index contributed by atoms with van der Waals surface area (Å²) in [6, 6.07) is 9.40. The molecule has 1 fully saturated rings. The third kappa shape index (κ3) is 5.03. The topological polar surface area (TPSA) is 21.3 Å². The number of nitrogens with one attached hydrogen (secondary N) is 1. The van der Waals surface area contributed by atoms with Crippen molar-refractivity contribution in [2.75, 3.05) is 6.54 Å². The largest absolute Gasteiger partial charge is 0.491 e. The second-order valence-electron chi connectivity index (χ2n) is 6.95. The lowest BCUT2D eigenvalue weighted by atomic mass is 9.75. The first-order valence-electron chi connectivity index (χ1n) is 8.56. The Morgan fingerprint density at radius 2 is 1.71 bits per heavy atom. The fraction of sp³-hybridized carbons (Fsp3) is 0.684. The van der Waals surface area contributed by atoms with Crippen LogP contribution in [0.2, 0.25) is 0 Å². The first kappa shape index (κ1) is 16.4. The fourth-order valence-corrected chi connectivity index (χ4v) is 3.34. The normalized spacial score (nSPS) is 22.8. The predicted octanol–water partition coefficient (Wildman–Crippen LogP) is 4.75. The summed E-state index contributed by atoms with van der Waals surface area (Å²) >= 11 is 0. The lowest BCUT2D eigenvalue weighted by Crippen LogP contribution is -2.33. The molecule has 0 radical (unpaired) electrons. The van der Waals surface area contributed by atoms with Gasteiger partial charge in [0.25, 0.3) is 0 Å². The van der Waals surface area contributed by atoms with E-state index in [1.807, 2.05) is 0 Å². The number of benzene rings is 1. The standard InChI is InChI=1S/C19H31NO/c1-14(2)20-13-17-7-5-6-8-19(17)16-9-11-18(12-10-16)21-15(3)4/h9-12,14-15,17,19-20H,5-8,13H2,1-4H3. The summed E-state index contributed by atoms with van der Waals surface area (Å²) in [6.45, 7) is 9.75. The second-order valence-corrected chi connectivity index (χ2v) is 6.95. The van der Waals surface area contributed by atoms with Gasteiger partial charge in [0.05, 0.1) is 6.10 Å². The van der Waals surface area contributed by atoms with Gasteiger partial charge >= 0.3 is 0 Å². The average molecular weight is 289 g/mol. The van der Waals surface area contributed by atoms with Crippen molar-refractivity contribution in [3.05, 3.63) is 29.8 Å². The van der Waals surface area contributed by atoms with Gasteiger partial charge in [-0.1, -0.05) is 38.8 Å². The highest BCUT2D eigenvalue weighted by Crippen LogP contribution is 2.38. The number of ether oxygens (including phenoxy) is 1. The van der Waals surface area contributed by atoms with Crippen molar-refractivity contribution in [3.8, 4) is 5.75 Å². The van der Waals surface area contributed by atoms with Gasteiger partial charge in [0.2, 0.25) is 0 Å². The highest BCUT2D eigenvalue weighted by molar-refractivity contribution is 5.30. The van der Waals surface area contributed by atoms with E-state index in [2.05, 4.69) is 57.3 Å². The van der Waals surface area contributed by atoms with Crippen LogP contribution in [0.1, 0.15) is 64.9 Å². The minimum atomic E-state index is 0.244. The molecule has 0 heterocycles. The van der Waals surface area contributed by atoms with Crippen LogP contribution in [-0.2, 0) is 0 Å². The molecule has 21 heavy (non-hydrogen) atoms. The van der Waals surface area contributed by atoms with E-state index in [-0.39, 0.29) is 6.10 Å². The van der Waals surface area contributed by atoms with Crippen molar-refractivity contribution in [1.29, 1.82) is 0 Å². The molecule has 0 aromatic heterocycles. The molecule has 2 nitrogen and oxygen atoms in total. The van der Waals surface area contributed by atoms with Gasteiger partial charge in [-0.3, -0.25) is 0 Å². The third-order valence-corrected chi connectivity index (χ3v) is 4.38. The molecule has 1 aromatic rings. The van der Waals surface area contributed by atoms with Crippen molar-refractivity contribution < 1.29 is 4.74 Å². The zero-order valence-corrected chi connectivity index (χ0v) is 14.1. The summed E-state index contributed by atoms with van der Waals surface area (Å²) in [5.41, 5.74) is 1.49. The molecule has 1 N–H and O–H groups in total. The molecule has 2 atom stereocenters. The Labute approximate surface area is 130 Å². The maximum Gasteiger partial charge on any atom is 0.119 e. The maximum atomic E-state index is 5.75. The van der Waals surface area contributed by atoms with Crippen LogP contribution in [0.4, 0.5) is 0 Å². The van der Waals surface area contributed by atoms with E-state index in [0.717, 1.165) is 18.2 Å². The Morgan fingerprint density at radius 1 is 1.05 bits per heavy atom. The minimum Gasteiger partial charge on any atom is -0.491 e. The first-order chi connectivity index (χ1) is 10.1. The van der Waals surface area contributed by atoms with Crippen LogP contribution < -0.4 is 10.1 Å². The van der Waals surface area contributed by atoms with Gasteiger partial charge in [-0.15, -0.1) is 0 Å². The number of rotatable bonds is 6. The molecule has 118 valence electrons. The predicted molar refractivity (Wildman–Crippen MR) is 90.0 cm³/mol. The van der Waals surface area contributed by atoms with Gasteiger partial charge in [0.1, 0.15) is 5.75 Å². The smallest absolute Gasteiger partial charge is 0.119 e. The van der Waals surface area contributed by atoms with Crippen LogP contribution in [0.15, 0.2) is 24.3 Å². The van der Waals surface area contributed by atoms with Crippen LogP contribution in [0.3, 0.4) is 0 Å². The van der Waals surface area contributed by atoms with Crippen LogP contribution in [-0.4, -0.2) is 18.7 Å². The van der Waals surface area contributed by atoms with E-state index in [1.54, 1.807) is 0 Å². The molecule has 2 unspecified atom stereocenters. The van der Waals surface area contributed by atoms with Crippen LogP contribution in [0, 0.1) is 5.92 Å². The summed E-state index contributed by atoms with van der Waals surface area (Å²) in [6.07, 6.45) is 5.68. The third-order valence-electron chi connectivity index (χ3n) is 4.38. The average Bonchev–Trinajstić information content (AvgIpc) is 2.46. The van der Waals surface area contributed by atoms with Crippen LogP contribution in [0.5, 0.6) is 5.75 Å². The lowest BCUT2D eigenvalue weighted by Gasteiger charge is -2.33. The quantitative estimate of drug-likeness (QED) is 0.816. The highest BCUT2D eigenvalue weighted by atomic mass is 16.5. The van der Waals surface area contributed by atoms with Gasteiger partial charge in [-0.25, -0.2) is 0 Å². The summed E-state index contributed by atoms with van der Waals surface area (Å²) in [4.78, 5) is 0. The lowest BCUT2D eigenvalue weighted by molar-refractivity contribution is 0.242. The Bertz CT molecular complexity index is 410. The van der Waals surface area contributed by atoms with E-state index in [4.69, 9.17) is 4.74 Å². The Kier molecular flexibility index (Phi) is 6.10. The molecule has 0 bridgehead atoms. The molecule has 1 aliphatic carbocycles. The van der Waals surface area contributed by atoms with E-state index in [9.17, 15) is 0 Å². The molecular formula is C19H31NO. The molecule has 1 aliphatic rings. The van der Waals surface area contributed by atoms with Gasteiger partial charge < -0.3 is 10.1 Å². The molecule has 0 spiro atoms. The summed E-state index contributed by atoms with van der Waals surface area (Å²) in [7, 11) is 0. The zero-order chi connectivity index (χ0) is 15.2. The van der Waals surface area contributed by atoms with Crippen molar-refractivity contribution >= 4 is 0 Å². The molecule has 2 rings (SSSR count). The molecule has 0 aliphatic heterocycles. The van der Waals surface area contributed by atoms with Gasteiger partial charge in [-0.2, -0.15) is 0 Å². The zero-order valence-electron chi connectivity index (χ0n) is 14.1. The molecule has 1 aromatic carbocycles. The fourth-order valence-electron chi connectivity index (χ4n) is 3.34. The molecule has 1 saturated carbocycles. The van der Waals surface area contributed by atoms with Gasteiger partial charge in [0, 0.05) is 6.04 Å². The van der Waals surface area contributed by atoms with Gasteiger partial charge in [0.15, 0.2) is 0 Å². The van der Waals surface area contributed by atoms with Crippen LogP contribution >= 0.6 is 0 Å². The van der Waals surface area contributed by atoms with Gasteiger partial charge in [-0.05, 0) is 62.8 Å². The Hall–Kier alpha value is -1.02. The van der Waals surface area contributed by atoms with Crippen molar-refractivity contribution in [3.63, 3.8) is 0 Å². The second kappa shape index (κ2) is 7.84. The molecular weight excluding hydrogens is 258 g/mol. The monoisotopic (exact) mass is 289 g/mol. The summed E-state index contributed by atoms with van der Waals surface area (Å²) in [5.74, 6) is 2.47. The molecule has 0 saturated heterocycles.